The molecule has 0 aliphatic rings. The number of fused-ring (bicyclic) bond motifs is 2. The summed E-state index contributed by atoms with van der Waals surface area (Å²) in [5.41, 5.74) is -0.489. The van der Waals surface area contributed by atoms with Crippen molar-refractivity contribution in [2.45, 2.75) is 24.7 Å². The van der Waals surface area contributed by atoms with Gasteiger partial charge in [-0.3, -0.25) is 0 Å². The molecule has 0 heterocycles. The minimum absolute atomic E-state index is 0.141. The lowest BCUT2D eigenvalue weighted by atomic mass is 10.1. The Morgan fingerprint density at radius 1 is 0.321 bits per heavy atom. The Morgan fingerprint density at radius 3 is 0.846 bits per heavy atom. The average molecular weight is 1080 g/mol. The van der Waals surface area contributed by atoms with Gasteiger partial charge in [0.2, 0.25) is 0 Å². The number of halogens is 6. The van der Waals surface area contributed by atoms with Crippen LogP contribution in [-0.4, -0.2) is 7.32 Å². The van der Waals surface area contributed by atoms with Crippen molar-refractivity contribution in [3.63, 3.8) is 0 Å². The van der Waals surface area contributed by atoms with E-state index in [-0.39, 0.29) is 18.2 Å². The molecule has 0 atom stereocenters. The molecule has 0 N–H and O–H groups in total. The molecule has 0 unspecified atom stereocenters. The topological polar surface area (TPSA) is 55.3 Å². The lowest BCUT2D eigenvalue weighted by Gasteiger charge is -2.28. The Bertz CT molecular complexity index is 3230. The minimum atomic E-state index is -5.05. The fourth-order valence-electron chi connectivity index (χ4n) is 10.0. The Kier molecular flexibility index (Phi) is 17.4. The zero-order chi connectivity index (χ0) is 54.6. The van der Waals surface area contributed by atoms with Crippen LogP contribution in [0, 0.1) is 0 Å². The van der Waals surface area contributed by atoms with Gasteiger partial charge in [0, 0.05) is 0 Å². The van der Waals surface area contributed by atoms with Crippen molar-refractivity contribution in [2.24, 2.45) is 0 Å². The van der Waals surface area contributed by atoms with Gasteiger partial charge in [0.15, 0.2) is 0 Å². The SMILES string of the molecule is [O-]B([O-])Oc1cc(C(F)(F)F)cc(C(F)(F)F)c1.c1ccc([P+](Cc2cccc3ccccc23)(c2ccccc2)c2ccccc2)cc1.c1ccc([P+](Cc2cccc3ccccc23)(c2ccccc2)c2ccccc2)cc1. The van der Waals surface area contributed by atoms with Crippen LogP contribution in [0.15, 0.2) is 285 Å². The van der Waals surface area contributed by atoms with Crippen LogP contribution in [0.4, 0.5) is 26.3 Å². The molecule has 0 aromatic heterocycles. The van der Waals surface area contributed by atoms with Crippen LogP contribution in [0.2, 0.25) is 0 Å². The van der Waals surface area contributed by atoms with E-state index in [1.807, 2.05) is 0 Å². The fourth-order valence-corrected chi connectivity index (χ4v) is 18.6. The second-order valence-corrected chi connectivity index (χ2v) is 25.3. The van der Waals surface area contributed by atoms with Crippen molar-refractivity contribution in [1.82, 2.24) is 0 Å². The number of hydrogen-bond donors (Lipinski definition) is 0. The Morgan fingerprint density at radius 2 is 0.577 bits per heavy atom. The Hall–Kier alpha value is -7.84. The smallest absolute Gasteiger partial charge is 0.416 e. The van der Waals surface area contributed by atoms with Crippen LogP contribution in [-0.2, 0) is 24.7 Å². The normalized spacial score (nSPS) is 11.7. The first-order valence-electron chi connectivity index (χ1n) is 25.1. The van der Waals surface area contributed by atoms with E-state index in [1.165, 1.54) is 64.5 Å². The summed E-state index contributed by atoms with van der Waals surface area (Å²) in [6.07, 6.45) is -8.10. The van der Waals surface area contributed by atoms with Crippen molar-refractivity contribution in [2.75, 3.05) is 0 Å². The second-order valence-electron chi connectivity index (χ2n) is 18.4. The van der Waals surface area contributed by atoms with Crippen molar-refractivity contribution >= 4 is 75.2 Å². The largest absolute Gasteiger partial charge is 0.860 e. The third-order valence-corrected chi connectivity index (χ3v) is 22.3. The first-order chi connectivity index (χ1) is 37.8. The summed E-state index contributed by atoms with van der Waals surface area (Å²) < 4.78 is 77.5. The third-order valence-electron chi connectivity index (χ3n) is 13.6. The second kappa shape index (κ2) is 24.7. The lowest BCUT2D eigenvalue weighted by Crippen LogP contribution is -2.50. The molecule has 3 nitrogen and oxygen atoms in total. The zero-order valence-electron chi connectivity index (χ0n) is 42.0. The van der Waals surface area contributed by atoms with Gasteiger partial charge in [0.25, 0.3) is 0 Å². The van der Waals surface area contributed by atoms with Gasteiger partial charge in [-0.05, 0) is 124 Å². The molecule has 388 valence electrons. The molecular formula is C66H51BF6O3P2. The molecular weight excluding hydrogens is 1030 g/mol. The fraction of sp³-hybridized carbons (Fsp3) is 0.0606. The lowest BCUT2D eigenvalue weighted by molar-refractivity contribution is -0.372. The molecule has 0 aliphatic carbocycles. The van der Waals surface area contributed by atoms with Crippen LogP contribution in [0.1, 0.15) is 22.3 Å². The summed E-state index contributed by atoms with van der Waals surface area (Å²) in [6, 6.07) is 97.8. The molecule has 11 aromatic rings. The van der Waals surface area contributed by atoms with Crippen molar-refractivity contribution in [3.05, 3.63) is 307 Å². The van der Waals surface area contributed by atoms with E-state index in [2.05, 4.69) is 272 Å². The molecule has 0 saturated carbocycles. The molecule has 0 amide bonds. The Labute approximate surface area is 452 Å². The molecule has 0 spiro atoms. The highest BCUT2D eigenvalue weighted by Gasteiger charge is 2.47. The standard InChI is InChI=1S/2C29H24P.C8H3BF6O3/c2*1-4-16-26(17-5-1)30(27-18-6-2-7-19-27,28-20-8-3-9-21-28)23-25-15-12-14-24-13-10-11-22-29(24)25;10-7(11,12)4-1-5(8(13,14)15)3-6(2-4)18-9(16)17/h2*1-22H,23H2;1-3H/q2*+1;-2. The number of alkyl halides is 6. The van der Waals surface area contributed by atoms with Gasteiger partial charge < -0.3 is 14.7 Å². The summed E-state index contributed by atoms with van der Waals surface area (Å²) in [4.78, 5) is 0. The van der Waals surface area contributed by atoms with Gasteiger partial charge in [-0.1, -0.05) is 194 Å². The van der Waals surface area contributed by atoms with Gasteiger partial charge in [0.1, 0.15) is 53.7 Å². The van der Waals surface area contributed by atoms with Crippen molar-refractivity contribution < 1.29 is 41.0 Å². The molecule has 0 fully saturated rings. The van der Waals surface area contributed by atoms with E-state index in [1.54, 1.807) is 0 Å². The summed E-state index contributed by atoms with van der Waals surface area (Å²) in [5.74, 6) is -1.08. The molecule has 12 heteroatoms. The maximum atomic E-state index is 12.3. The number of rotatable bonds is 12. The summed E-state index contributed by atoms with van der Waals surface area (Å²) in [7, 11) is -6.78. The first kappa shape index (κ1) is 54.9. The molecule has 0 aliphatic heterocycles. The predicted molar refractivity (Wildman–Crippen MR) is 308 cm³/mol. The quantitative estimate of drug-likeness (QED) is 0.0696. The van der Waals surface area contributed by atoms with Gasteiger partial charge >= 0.3 is 12.4 Å². The molecule has 11 rings (SSSR count). The molecule has 0 radical (unpaired) electrons. The molecule has 0 bridgehead atoms. The molecule has 0 saturated heterocycles. The van der Waals surface area contributed by atoms with Gasteiger partial charge in [-0.2, -0.15) is 26.3 Å². The first-order valence-corrected chi connectivity index (χ1v) is 29.0. The van der Waals surface area contributed by atoms with Gasteiger partial charge in [-0.25, -0.2) is 0 Å². The maximum absolute atomic E-state index is 12.3. The van der Waals surface area contributed by atoms with Crippen LogP contribution >= 0.6 is 14.5 Å². The van der Waals surface area contributed by atoms with Crippen molar-refractivity contribution in [1.29, 1.82) is 0 Å². The van der Waals surface area contributed by atoms with E-state index in [0.29, 0.717) is 0 Å². The number of hydrogen-bond acceptors (Lipinski definition) is 3. The van der Waals surface area contributed by atoms with Crippen molar-refractivity contribution in [3.8, 4) is 5.75 Å². The monoisotopic (exact) mass is 1080 g/mol. The van der Waals surface area contributed by atoms with E-state index in [4.69, 9.17) is 0 Å². The summed E-state index contributed by atoms with van der Waals surface area (Å²) in [5, 5.41) is 34.0. The van der Waals surface area contributed by atoms with Gasteiger partial charge in [-0.15, -0.1) is 0 Å². The van der Waals surface area contributed by atoms with Crippen LogP contribution < -0.4 is 46.5 Å². The van der Waals surface area contributed by atoms with E-state index in [9.17, 15) is 36.4 Å². The predicted octanol–water partition coefficient (Wildman–Crippen LogP) is 13.5. The number of benzene rings is 11. The highest BCUT2D eigenvalue weighted by atomic mass is 31.2. The third kappa shape index (κ3) is 12.6. The van der Waals surface area contributed by atoms with Crippen LogP contribution in [0.3, 0.4) is 0 Å². The molecule has 11 aromatic carbocycles. The molecule has 78 heavy (non-hydrogen) atoms. The summed E-state index contributed by atoms with van der Waals surface area (Å²) in [6.45, 7) is 0. The van der Waals surface area contributed by atoms with E-state index < -0.39 is 51.1 Å². The minimum Gasteiger partial charge on any atom is -0.860 e. The highest BCUT2D eigenvalue weighted by Crippen LogP contribution is 2.60. The van der Waals surface area contributed by atoms with Crippen LogP contribution in [0.5, 0.6) is 5.75 Å². The average Bonchev–Trinajstić information content (AvgIpc) is 3.58. The summed E-state index contributed by atoms with van der Waals surface area (Å²) >= 11 is 0. The Balaban J connectivity index is 0.000000148. The van der Waals surface area contributed by atoms with Crippen LogP contribution in [0.25, 0.3) is 21.5 Å². The zero-order valence-corrected chi connectivity index (χ0v) is 43.8. The maximum Gasteiger partial charge on any atom is 0.416 e. The van der Waals surface area contributed by atoms with E-state index >= 15 is 0 Å². The highest BCUT2D eigenvalue weighted by molar-refractivity contribution is 7.95. The van der Waals surface area contributed by atoms with E-state index in [0.717, 1.165) is 12.3 Å². The van der Waals surface area contributed by atoms with Gasteiger partial charge in [0.05, 0.1) is 29.2 Å².